The van der Waals surface area contributed by atoms with Crippen LogP contribution in [-0.2, 0) is 16.0 Å². The van der Waals surface area contributed by atoms with E-state index in [-0.39, 0.29) is 11.8 Å². The summed E-state index contributed by atoms with van der Waals surface area (Å²) in [4.78, 5) is 24.2. The second-order valence-corrected chi connectivity index (χ2v) is 7.75. The Morgan fingerprint density at radius 3 is 2.00 bits per heavy atom. The number of carbonyl (C=O) groups is 2. The molecule has 30 heavy (non-hydrogen) atoms. The molecule has 0 saturated carbocycles. The van der Waals surface area contributed by atoms with E-state index in [1.807, 2.05) is 54.6 Å². The van der Waals surface area contributed by atoms with Crippen molar-refractivity contribution in [1.29, 1.82) is 0 Å². The molecule has 0 heterocycles. The maximum atomic E-state index is 12.6. The van der Waals surface area contributed by atoms with E-state index in [0.717, 1.165) is 5.56 Å². The van der Waals surface area contributed by atoms with Gasteiger partial charge in [-0.2, -0.15) is 0 Å². The molecule has 1 atom stereocenters. The molecule has 0 saturated heterocycles. The Kier molecular flexibility index (Phi) is 5.94. The largest absolute Gasteiger partial charge is 0.480 e. The molecule has 4 heteroatoms. The van der Waals surface area contributed by atoms with Gasteiger partial charge in [0.1, 0.15) is 6.04 Å². The Bertz CT molecular complexity index is 999. The second kappa shape index (κ2) is 8.95. The first kappa shape index (κ1) is 19.9. The first-order chi connectivity index (χ1) is 14.6. The highest BCUT2D eigenvalue weighted by Gasteiger charge is 2.28. The van der Waals surface area contributed by atoms with Gasteiger partial charge in [0, 0.05) is 12.3 Å². The Morgan fingerprint density at radius 2 is 1.40 bits per heavy atom. The molecule has 0 unspecified atom stereocenters. The Balaban J connectivity index is 1.38. The minimum atomic E-state index is -0.990. The number of carboxylic acid groups (broad SMARTS) is 1. The number of aryl methyl sites for hydroxylation is 1. The molecule has 0 radical (unpaired) electrons. The summed E-state index contributed by atoms with van der Waals surface area (Å²) < 4.78 is 0. The number of hydrogen-bond acceptors (Lipinski definition) is 2. The molecule has 3 aromatic rings. The van der Waals surface area contributed by atoms with Gasteiger partial charge in [-0.25, -0.2) is 4.79 Å². The number of carbonyl (C=O) groups excluding carboxylic acids is 1. The van der Waals surface area contributed by atoms with Gasteiger partial charge in [0.05, 0.1) is 0 Å². The third-order valence-electron chi connectivity index (χ3n) is 5.82. The van der Waals surface area contributed by atoms with Crippen LogP contribution in [0.3, 0.4) is 0 Å². The predicted molar refractivity (Wildman–Crippen MR) is 117 cm³/mol. The van der Waals surface area contributed by atoms with Crippen LogP contribution in [0.2, 0.25) is 0 Å². The average molecular weight is 399 g/mol. The summed E-state index contributed by atoms with van der Waals surface area (Å²) in [5.74, 6) is -1.04. The lowest BCUT2D eigenvalue weighted by Crippen LogP contribution is -2.41. The molecule has 1 amide bonds. The molecule has 2 N–H and O–H groups in total. The van der Waals surface area contributed by atoms with Gasteiger partial charge in [-0.15, -0.1) is 0 Å². The fraction of sp³-hybridized carbons (Fsp3) is 0.231. The lowest BCUT2D eigenvalue weighted by molar-refractivity contribution is -0.142. The summed E-state index contributed by atoms with van der Waals surface area (Å²) in [7, 11) is 0. The van der Waals surface area contributed by atoms with Gasteiger partial charge < -0.3 is 10.4 Å². The van der Waals surface area contributed by atoms with E-state index in [2.05, 4.69) is 29.6 Å². The summed E-state index contributed by atoms with van der Waals surface area (Å²) in [6.45, 7) is 0. The number of rotatable bonds is 8. The normalized spacial score (nSPS) is 13.3. The maximum absolute atomic E-state index is 12.6. The van der Waals surface area contributed by atoms with E-state index >= 15 is 0 Å². The zero-order valence-electron chi connectivity index (χ0n) is 16.8. The maximum Gasteiger partial charge on any atom is 0.326 e. The predicted octanol–water partition coefficient (Wildman–Crippen LogP) is 4.78. The molecule has 0 fully saturated rings. The Hall–Kier alpha value is -3.40. The molecule has 3 aromatic carbocycles. The molecule has 0 aromatic heterocycles. The van der Waals surface area contributed by atoms with Crippen LogP contribution in [0.1, 0.15) is 41.9 Å². The minimum absolute atomic E-state index is 0.163. The molecule has 4 rings (SSSR count). The number of benzene rings is 3. The molecule has 1 aliphatic rings. The van der Waals surface area contributed by atoms with Gasteiger partial charge in [0.15, 0.2) is 0 Å². The highest BCUT2D eigenvalue weighted by atomic mass is 16.4. The molecular weight excluding hydrogens is 374 g/mol. The van der Waals surface area contributed by atoms with Crippen LogP contribution < -0.4 is 5.32 Å². The van der Waals surface area contributed by atoms with Gasteiger partial charge in [-0.3, -0.25) is 4.79 Å². The number of carboxylic acids is 1. The monoisotopic (exact) mass is 399 g/mol. The van der Waals surface area contributed by atoms with Gasteiger partial charge >= 0.3 is 5.97 Å². The summed E-state index contributed by atoms with van der Waals surface area (Å²) in [6, 6.07) is 25.5. The first-order valence-corrected chi connectivity index (χ1v) is 10.4. The van der Waals surface area contributed by atoms with Crippen LogP contribution >= 0.6 is 0 Å². The van der Waals surface area contributed by atoms with Crippen molar-refractivity contribution in [2.24, 2.45) is 0 Å². The van der Waals surface area contributed by atoms with Crippen molar-refractivity contribution in [3.8, 4) is 11.1 Å². The van der Waals surface area contributed by atoms with E-state index in [1.165, 1.54) is 22.3 Å². The topological polar surface area (TPSA) is 66.4 Å². The molecule has 152 valence electrons. The van der Waals surface area contributed by atoms with Crippen molar-refractivity contribution in [3.05, 3.63) is 95.6 Å². The van der Waals surface area contributed by atoms with E-state index in [1.54, 1.807) is 0 Å². The number of fused-ring (bicyclic) bond motifs is 3. The van der Waals surface area contributed by atoms with Crippen LogP contribution in [0.4, 0.5) is 0 Å². The van der Waals surface area contributed by atoms with Gasteiger partial charge in [-0.1, -0.05) is 78.9 Å². The quantitative estimate of drug-likeness (QED) is 0.573. The molecule has 0 spiro atoms. The second-order valence-electron chi connectivity index (χ2n) is 7.75. The van der Waals surface area contributed by atoms with E-state index < -0.39 is 12.0 Å². The zero-order chi connectivity index (χ0) is 20.9. The molecule has 1 aliphatic carbocycles. The van der Waals surface area contributed by atoms with E-state index in [9.17, 15) is 14.7 Å². The SMILES string of the molecule is O=C(CCC1c2ccccc2-c2ccccc21)N[C@@H](CCc1ccccc1)C(=O)O. The third-order valence-corrected chi connectivity index (χ3v) is 5.82. The molecule has 4 nitrogen and oxygen atoms in total. The smallest absolute Gasteiger partial charge is 0.326 e. The van der Waals surface area contributed by atoms with Crippen LogP contribution in [-0.4, -0.2) is 23.0 Å². The third kappa shape index (κ3) is 4.28. The fourth-order valence-corrected chi connectivity index (χ4v) is 4.33. The van der Waals surface area contributed by atoms with Crippen LogP contribution in [0.25, 0.3) is 11.1 Å². The Morgan fingerprint density at radius 1 is 0.833 bits per heavy atom. The summed E-state index contributed by atoms with van der Waals surface area (Å²) in [5.41, 5.74) is 6.00. The van der Waals surface area contributed by atoms with Gasteiger partial charge in [0.25, 0.3) is 0 Å². The summed E-state index contributed by atoms with van der Waals surface area (Å²) in [6.07, 6.45) is 1.94. The van der Waals surface area contributed by atoms with Crippen molar-refractivity contribution in [3.63, 3.8) is 0 Å². The van der Waals surface area contributed by atoms with Crippen LogP contribution in [0.5, 0.6) is 0 Å². The highest BCUT2D eigenvalue weighted by Crippen LogP contribution is 2.46. The average Bonchev–Trinajstić information content (AvgIpc) is 3.09. The standard InChI is InChI=1S/C26H25NO3/c28-25(27-24(26(29)30)16-14-18-8-2-1-3-9-18)17-15-23-21-12-6-4-10-19(21)20-11-5-7-13-22(20)23/h1-13,23-24H,14-17H2,(H,27,28)(H,29,30)/t24-/m0/s1. The van der Waals surface area contributed by atoms with Crippen molar-refractivity contribution in [2.75, 3.05) is 0 Å². The Labute approximate surface area is 176 Å². The minimum Gasteiger partial charge on any atom is -0.480 e. The van der Waals surface area contributed by atoms with Crippen molar-refractivity contribution < 1.29 is 14.7 Å². The van der Waals surface area contributed by atoms with Gasteiger partial charge in [-0.05, 0) is 47.1 Å². The highest BCUT2D eigenvalue weighted by molar-refractivity contribution is 5.84. The fourth-order valence-electron chi connectivity index (χ4n) is 4.33. The van der Waals surface area contributed by atoms with Crippen LogP contribution in [0.15, 0.2) is 78.9 Å². The number of amides is 1. The van der Waals surface area contributed by atoms with E-state index in [4.69, 9.17) is 0 Å². The van der Waals surface area contributed by atoms with Crippen molar-refractivity contribution >= 4 is 11.9 Å². The number of aliphatic carboxylic acids is 1. The molecule has 0 aliphatic heterocycles. The molecular formula is C26H25NO3. The lowest BCUT2D eigenvalue weighted by atomic mass is 9.92. The van der Waals surface area contributed by atoms with E-state index in [0.29, 0.717) is 25.7 Å². The molecule has 0 bridgehead atoms. The van der Waals surface area contributed by atoms with Gasteiger partial charge in [0.2, 0.25) is 5.91 Å². The zero-order valence-corrected chi connectivity index (χ0v) is 16.8. The van der Waals surface area contributed by atoms with Crippen LogP contribution in [0, 0.1) is 0 Å². The van der Waals surface area contributed by atoms with Crippen molar-refractivity contribution in [1.82, 2.24) is 5.32 Å². The summed E-state index contributed by atoms with van der Waals surface area (Å²) in [5, 5.41) is 12.2. The lowest BCUT2D eigenvalue weighted by Gasteiger charge is -2.17. The first-order valence-electron chi connectivity index (χ1n) is 10.4. The summed E-state index contributed by atoms with van der Waals surface area (Å²) >= 11 is 0. The number of hydrogen-bond donors (Lipinski definition) is 2. The van der Waals surface area contributed by atoms with Crippen molar-refractivity contribution in [2.45, 2.75) is 37.6 Å². The number of nitrogens with one attached hydrogen (secondary N) is 1.